The number of anilines is 2. The highest BCUT2D eigenvalue weighted by Gasteiger charge is 2.12. The van der Waals surface area contributed by atoms with E-state index < -0.39 is 0 Å². The number of ether oxygens (including phenoxy) is 1. The highest BCUT2D eigenvalue weighted by Crippen LogP contribution is 2.29. The van der Waals surface area contributed by atoms with Gasteiger partial charge in [-0.15, -0.1) is 0 Å². The van der Waals surface area contributed by atoms with Crippen LogP contribution in [0.1, 0.15) is 17.5 Å². The normalized spacial score (nSPS) is 13.2. The maximum Gasteiger partial charge on any atom is 0.133 e. The first-order valence-electron chi connectivity index (χ1n) is 7.20. The number of para-hydroxylation sites is 1. The monoisotopic (exact) mass is 346 g/mol. The Morgan fingerprint density at radius 3 is 3.00 bits per heavy atom. The predicted octanol–water partition coefficient (Wildman–Crippen LogP) is 4.43. The number of fused-ring (bicyclic) bond motifs is 1. The zero-order chi connectivity index (χ0) is 14.7. The molecule has 4 heteroatoms. The van der Waals surface area contributed by atoms with Crippen LogP contribution in [0.2, 0.25) is 0 Å². The first-order valence-corrected chi connectivity index (χ1v) is 7.99. The smallest absolute Gasteiger partial charge is 0.133 e. The molecule has 21 heavy (non-hydrogen) atoms. The molecule has 110 valence electrons. The van der Waals surface area contributed by atoms with Gasteiger partial charge in [0.15, 0.2) is 0 Å². The van der Waals surface area contributed by atoms with Gasteiger partial charge in [-0.2, -0.15) is 0 Å². The number of hydrogen-bond donors (Lipinski definition) is 2. The fraction of sp³-hybridized carbons (Fsp3) is 0.294. The van der Waals surface area contributed by atoms with Crippen LogP contribution >= 0.6 is 15.9 Å². The summed E-state index contributed by atoms with van der Waals surface area (Å²) < 4.78 is 6.21. The maximum atomic E-state index is 5.25. The van der Waals surface area contributed by atoms with Crippen LogP contribution in [0.5, 0.6) is 5.75 Å². The van der Waals surface area contributed by atoms with Crippen LogP contribution in [0.25, 0.3) is 0 Å². The number of nitrogens with one attached hydrogen (secondary N) is 2. The van der Waals surface area contributed by atoms with Gasteiger partial charge in [-0.25, -0.2) is 0 Å². The van der Waals surface area contributed by atoms with Gasteiger partial charge in [-0.1, -0.05) is 18.2 Å². The standard InChI is InChI=1S/C17H19BrN2O/c1-21-16-8-7-14(10-15(16)18)20-11-13-5-2-4-12-6-3-9-19-17(12)13/h2,4-5,7-8,10,19-20H,3,6,9,11H2,1H3. The summed E-state index contributed by atoms with van der Waals surface area (Å²) >= 11 is 3.52. The number of methoxy groups -OCH3 is 1. The number of halogens is 1. The van der Waals surface area contributed by atoms with Crippen molar-refractivity contribution in [3.63, 3.8) is 0 Å². The number of hydrogen-bond acceptors (Lipinski definition) is 3. The van der Waals surface area contributed by atoms with E-state index in [9.17, 15) is 0 Å². The summed E-state index contributed by atoms with van der Waals surface area (Å²) in [6, 6.07) is 12.6. The molecule has 0 radical (unpaired) electrons. The Morgan fingerprint density at radius 2 is 2.19 bits per heavy atom. The van der Waals surface area contributed by atoms with Gasteiger partial charge < -0.3 is 15.4 Å². The van der Waals surface area contributed by atoms with Crippen LogP contribution in [-0.2, 0) is 13.0 Å². The van der Waals surface area contributed by atoms with Crippen LogP contribution < -0.4 is 15.4 Å². The fourth-order valence-electron chi connectivity index (χ4n) is 2.70. The first kappa shape index (κ1) is 14.3. The molecule has 0 fully saturated rings. The van der Waals surface area contributed by atoms with Crippen LogP contribution in [0.15, 0.2) is 40.9 Å². The quantitative estimate of drug-likeness (QED) is 0.859. The maximum absolute atomic E-state index is 5.25. The predicted molar refractivity (Wildman–Crippen MR) is 91.3 cm³/mol. The Balaban J connectivity index is 1.75. The summed E-state index contributed by atoms with van der Waals surface area (Å²) in [6.07, 6.45) is 2.39. The van der Waals surface area contributed by atoms with Crippen molar-refractivity contribution in [1.82, 2.24) is 0 Å². The van der Waals surface area contributed by atoms with E-state index in [0.717, 1.165) is 29.0 Å². The van der Waals surface area contributed by atoms with Crippen LogP contribution in [-0.4, -0.2) is 13.7 Å². The van der Waals surface area contributed by atoms with Gasteiger partial charge in [-0.3, -0.25) is 0 Å². The van der Waals surface area contributed by atoms with Gasteiger partial charge >= 0.3 is 0 Å². The van der Waals surface area contributed by atoms with Crippen molar-refractivity contribution in [2.24, 2.45) is 0 Å². The van der Waals surface area contributed by atoms with Crippen molar-refractivity contribution in [2.45, 2.75) is 19.4 Å². The van der Waals surface area contributed by atoms with E-state index in [0.29, 0.717) is 0 Å². The summed E-state index contributed by atoms with van der Waals surface area (Å²) in [6.45, 7) is 1.88. The van der Waals surface area contributed by atoms with E-state index in [4.69, 9.17) is 4.74 Å². The molecule has 0 aliphatic carbocycles. The zero-order valence-electron chi connectivity index (χ0n) is 12.1. The molecule has 1 aliphatic rings. The largest absolute Gasteiger partial charge is 0.496 e. The van der Waals surface area contributed by atoms with Crippen LogP contribution in [0.3, 0.4) is 0 Å². The van der Waals surface area contributed by atoms with E-state index in [2.05, 4.69) is 44.8 Å². The van der Waals surface area contributed by atoms with Gasteiger partial charge in [0.2, 0.25) is 0 Å². The average Bonchev–Trinajstić information content (AvgIpc) is 2.53. The molecule has 0 bridgehead atoms. The van der Waals surface area contributed by atoms with Crippen molar-refractivity contribution < 1.29 is 4.74 Å². The minimum absolute atomic E-state index is 0.814. The first-order chi connectivity index (χ1) is 10.3. The lowest BCUT2D eigenvalue weighted by Crippen LogP contribution is -2.14. The Hall–Kier alpha value is -1.68. The second kappa shape index (κ2) is 6.39. The molecule has 1 aliphatic heterocycles. The molecule has 0 saturated heterocycles. The highest BCUT2D eigenvalue weighted by molar-refractivity contribution is 9.10. The molecule has 0 saturated carbocycles. The van der Waals surface area contributed by atoms with E-state index in [1.165, 1.54) is 29.7 Å². The molecule has 3 rings (SSSR count). The molecule has 0 spiro atoms. The number of aryl methyl sites for hydroxylation is 1. The zero-order valence-corrected chi connectivity index (χ0v) is 13.7. The topological polar surface area (TPSA) is 33.3 Å². The molecule has 0 atom stereocenters. The van der Waals surface area contributed by atoms with E-state index in [1.807, 2.05) is 18.2 Å². The SMILES string of the molecule is COc1ccc(NCc2cccc3c2NCCC3)cc1Br. The minimum atomic E-state index is 0.814. The third kappa shape index (κ3) is 3.16. The van der Waals surface area contributed by atoms with E-state index in [-0.39, 0.29) is 0 Å². The summed E-state index contributed by atoms with van der Waals surface area (Å²) in [7, 11) is 1.68. The average molecular weight is 347 g/mol. The van der Waals surface area contributed by atoms with Crippen molar-refractivity contribution in [1.29, 1.82) is 0 Å². The van der Waals surface area contributed by atoms with Crippen molar-refractivity contribution in [2.75, 3.05) is 24.3 Å². The molecule has 3 nitrogen and oxygen atoms in total. The van der Waals surface area contributed by atoms with Crippen LogP contribution in [0.4, 0.5) is 11.4 Å². The lowest BCUT2D eigenvalue weighted by atomic mass is 9.99. The van der Waals surface area contributed by atoms with Gasteiger partial charge in [0.1, 0.15) is 5.75 Å². The van der Waals surface area contributed by atoms with Gasteiger partial charge in [0, 0.05) is 24.5 Å². The summed E-state index contributed by atoms with van der Waals surface area (Å²) in [5.74, 6) is 0.847. The van der Waals surface area contributed by atoms with E-state index >= 15 is 0 Å². The minimum Gasteiger partial charge on any atom is -0.496 e. The molecule has 1 heterocycles. The molecule has 2 aromatic carbocycles. The molecule has 0 unspecified atom stereocenters. The summed E-state index contributed by atoms with van der Waals surface area (Å²) in [4.78, 5) is 0. The summed E-state index contributed by atoms with van der Waals surface area (Å²) in [5.41, 5.74) is 5.13. The highest BCUT2D eigenvalue weighted by atomic mass is 79.9. The van der Waals surface area contributed by atoms with Crippen molar-refractivity contribution in [3.05, 3.63) is 52.0 Å². The molecule has 0 aromatic heterocycles. The third-order valence-electron chi connectivity index (χ3n) is 3.80. The molecular formula is C17H19BrN2O. The number of benzene rings is 2. The lowest BCUT2D eigenvalue weighted by Gasteiger charge is -2.21. The molecule has 2 aromatic rings. The summed E-state index contributed by atoms with van der Waals surface area (Å²) in [5, 5.41) is 7.01. The Labute approximate surface area is 133 Å². The fourth-order valence-corrected chi connectivity index (χ4v) is 3.24. The van der Waals surface area contributed by atoms with Crippen molar-refractivity contribution >= 4 is 27.3 Å². The Morgan fingerprint density at radius 1 is 1.29 bits per heavy atom. The lowest BCUT2D eigenvalue weighted by molar-refractivity contribution is 0.412. The van der Waals surface area contributed by atoms with Crippen molar-refractivity contribution in [3.8, 4) is 5.75 Å². The van der Waals surface area contributed by atoms with E-state index in [1.54, 1.807) is 7.11 Å². The molecule has 0 amide bonds. The molecule has 2 N–H and O–H groups in total. The van der Waals surface area contributed by atoms with Gasteiger partial charge in [0.25, 0.3) is 0 Å². The molecular weight excluding hydrogens is 328 g/mol. The second-order valence-electron chi connectivity index (χ2n) is 5.18. The van der Waals surface area contributed by atoms with Gasteiger partial charge in [-0.05, 0) is 58.1 Å². The second-order valence-corrected chi connectivity index (χ2v) is 6.04. The Kier molecular flexibility index (Phi) is 4.34. The Bertz CT molecular complexity index is 643. The van der Waals surface area contributed by atoms with Crippen LogP contribution in [0, 0.1) is 0 Å². The third-order valence-corrected chi connectivity index (χ3v) is 4.42. The number of rotatable bonds is 4. The van der Waals surface area contributed by atoms with Gasteiger partial charge in [0.05, 0.1) is 11.6 Å².